The molecule has 21 heavy (non-hydrogen) atoms. The van der Waals surface area contributed by atoms with E-state index in [0.29, 0.717) is 6.42 Å². The normalized spacial score (nSPS) is 18.2. The lowest BCUT2D eigenvalue weighted by Gasteiger charge is -2.20. The average molecular weight is 325 g/mol. The number of thiophene rings is 1. The Morgan fingerprint density at radius 3 is 3.00 bits per heavy atom. The molecular weight excluding hydrogens is 310 g/mol. The monoisotopic (exact) mass is 325 g/mol. The number of carbonyl (C=O) groups is 1. The van der Waals surface area contributed by atoms with Crippen LogP contribution < -0.4 is 4.72 Å². The van der Waals surface area contributed by atoms with Crippen molar-refractivity contribution in [3.63, 3.8) is 0 Å². The molecule has 2 aromatic rings. The van der Waals surface area contributed by atoms with Crippen LogP contribution in [0.5, 0.6) is 0 Å². The standard InChI is InChI=1S/C13H15N3O3S2/c1-8-5-6-12(20-8)21(18,19)16-13(17)9-3-2-4-11-10(9)7-14-15-11/h5-7,9H,2-4H2,1H3,(H,14,15)(H,16,17)/t9-/m0/s1. The Morgan fingerprint density at radius 2 is 2.29 bits per heavy atom. The van der Waals surface area contributed by atoms with Crippen molar-refractivity contribution >= 4 is 27.3 Å². The number of aromatic nitrogens is 2. The van der Waals surface area contributed by atoms with Crippen LogP contribution in [0.25, 0.3) is 0 Å². The lowest BCUT2D eigenvalue weighted by Crippen LogP contribution is -2.35. The summed E-state index contributed by atoms with van der Waals surface area (Å²) in [5.74, 6) is -0.938. The molecule has 3 rings (SSSR count). The first-order valence-corrected chi connectivity index (χ1v) is 8.92. The van der Waals surface area contributed by atoms with E-state index in [9.17, 15) is 13.2 Å². The Bertz CT molecular complexity index is 776. The molecule has 8 heteroatoms. The van der Waals surface area contributed by atoms with Crippen LogP contribution in [0.2, 0.25) is 0 Å². The zero-order chi connectivity index (χ0) is 15.0. The van der Waals surface area contributed by atoms with Gasteiger partial charge in [-0.1, -0.05) is 0 Å². The quantitative estimate of drug-likeness (QED) is 0.898. The topological polar surface area (TPSA) is 91.9 Å². The van der Waals surface area contributed by atoms with Gasteiger partial charge in [0, 0.05) is 16.1 Å². The van der Waals surface area contributed by atoms with E-state index in [0.717, 1.165) is 40.3 Å². The van der Waals surface area contributed by atoms with E-state index >= 15 is 0 Å². The molecule has 1 aliphatic carbocycles. The molecule has 0 saturated heterocycles. The molecule has 0 bridgehead atoms. The van der Waals surface area contributed by atoms with Crippen LogP contribution in [0.3, 0.4) is 0 Å². The zero-order valence-corrected chi connectivity index (χ0v) is 13.1. The van der Waals surface area contributed by atoms with E-state index < -0.39 is 21.8 Å². The molecule has 6 nitrogen and oxygen atoms in total. The van der Waals surface area contributed by atoms with Gasteiger partial charge >= 0.3 is 0 Å². The van der Waals surface area contributed by atoms with E-state index in [4.69, 9.17) is 0 Å². The van der Waals surface area contributed by atoms with Gasteiger partial charge in [-0.05, 0) is 38.3 Å². The number of amides is 1. The SMILES string of the molecule is Cc1ccc(S(=O)(=O)NC(=O)[C@H]2CCCc3[nH]ncc32)s1. The predicted molar refractivity (Wildman–Crippen MR) is 78.7 cm³/mol. The highest BCUT2D eigenvalue weighted by molar-refractivity contribution is 7.92. The second kappa shape index (κ2) is 5.27. The molecule has 2 heterocycles. The van der Waals surface area contributed by atoms with Crippen LogP contribution in [0.1, 0.15) is 34.9 Å². The molecule has 0 radical (unpaired) electrons. The first-order chi connectivity index (χ1) is 9.97. The van der Waals surface area contributed by atoms with Crippen LogP contribution in [-0.4, -0.2) is 24.5 Å². The number of hydrogen-bond donors (Lipinski definition) is 2. The van der Waals surface area contributed by atoms with Crippen LogP contribution in [0, 0.1) is 6.92 Å². The third-order valence-corrected chi connectivity index (χ3v) is 6.42. The molecule has 1 amide bonds. The van der Waals surface area contributed by atoms with Crippen LogP contribution >= 0.6 is 11.3 Å². The number of hydrogen-bond acceptors (Lipinski definition) is 5. The molecule has 0 aromatic carbocycles. The van der Waals surface area contributed by atoms with Gasteiger partial charge in [-0.3, -0.25) is 9.89 Å². The average Bonchev–Trinajstić information content (AvgIpc) is 3.05. The molecule has 1 aliphatic rings. The molecule has 112 valence electrons. The summed E-state index contributed by atoms with van der Waals surface area (Å²) in [4.78, 5) is 13.2. The summed E-state index contributed by atoms with van der Waals surface area (Å²) in [5.41, 5.74) is 1.72. The Morgan fingerprint density at radius 1 is 1.48 bits per heavy atom. The number of sulfonamides is 1. The zero-order valence-electron chi connectivity index (χ0n) is 11.4. The van der Waals surface area contributed by atoms with E-state index in [1.165, 1.54) is 6.07 Å². The molecule has 2 N–H and O–H groups in total. The van der Waals surface area contributed by atoms with Crippen LogP contribution in [-0.2, 0) is 21.2 Å². The summed E-state index contributed by atoms with van der Waals surface area (Å²) in [6.45, 7) is 1.82. The fourth-order valence-electron chi connectivity index (χ4n) is 2.54. The van der Waals surface area contributed by atoms with Crippen molar-refractivity contribution in [3.05, 3.63) is 34.5 Å². The fraction of sp³-hybridized carbons (Fsp3) is 0.385. The number of fused-ring (bicyclic) bond motifs is 1. The highest BCUT2D eigenvalue weighted by Gasteiger charge is 2.31. The molecule has 2 aromatic heterocycles. The van der Waals surface area contributed by atoms with Gasteiger partial charge in [-0.15, -0.1) is 11.3 Å². The van der Waals surface area contributed by atoms with Crippen molar-refractivity contribution in [3.8, 4) is 0 Å². The maximum absolute atomic E-state index is 12.3. The number of aromatic amines is 1. The Labute approximate surface area is 126 Å². The largest absolute Gasteiger partial charge is 0.282 e. The van der Waals surface area contributed by atoms with Gasteiger partial charge in [-0.25, -0.2) is 13.1 Å². The van der Waals surface area contributed by atoms with Crippen LogP contribution in [0.4, 0.5) is 0 Å². The second-order valence-electron chi connectivity index (χ2n) is 5.08. The minimum atomic E-state index is -3.79. The van der Waals surface area contributed by atoms with Gasteiger partial charge in [0.05, 0.1) is 12.1 Å². The van der Waals surface area contributed by atoms with E-state index in [1.54, 1.807) is 12.3 Å². The smallest absolute Gasteiger partial charge is 0.273 e. The molecule has 0 unspecified atom stereocenters. The van der Waals surface area contributed by atoms with Crippen molar-refractivity contribution in [1.29, 1.82) is 0 Å². The van der Waals surface area contributed by atoms with Gasteiger partial charge in [0.25, 0.3) is 10.0 Å². The van der Waals surface area contributed by atoms with E-state index in [-0.39, 0.29) is 4.21 Å². The number of aryl methyl sites for hydroxylation is 2. The summed E-state index contributed by atoms with van der Waals surface area (Å²) in [6, 6.07) is 3.23. The number of carbonyl (C=O) groups excluding carboxylic acids is 1. The number of rotatable bonds is 3. The second-order valence-corrected chi connectivity index (χ2v) is 8.28. The van der Waals surface area contributed by atoms with Crippen molar-refractivity contribution < 1.29 is 13.2 Å². The summed E-state index contributed by atoms with van der Waals surface area (Å²) in [7, 11) is -3.79. The van der Waals surface area contributed by atoms with Gasteiger partial charge in [0.2, 0.25) is 5.91 Å². The predicted octanol–water partition coefficient (Wildman–Crippen LogP) is 1.70. The van der Waals surface area contributed by atoms with Gasteiger partial charge in [0.15, 0.2) is 0 Å². The van der Waals surface area contributed by atoms with Gasteiger partial charge < -0.3 is 0 Å². The van der Waals surface area contributed by atoms with E-state index in [2.05, 4.69) is 14.9 Å². The lowest BCUT2D eigenvalue weighted by atomic mass is 9.87. The Balaban J connectivity index is 1.82. The third kappa shape index (κ3) is 2.73. The Kier molecular flexibility index (Phi) is 3.58. The Hall–Kier alpha value is -1.67. The van der Waals surface area contributed by atoms with Crippen molar-refractivity contribution in [2.75, 3.05) is 0 Å². The molecule has 0 aliphatic heterocycles. The molecule has 0 fully saturated rings. The third-order valence-electron chi connectivity index (χ3n) is 3.58. The maximum atomic E-state index is 12.3. The molecule has 0 spiro atoms. The van der Waals surface area contributed by atoms with Crippen molar-refractivity contribution in [2.24, 2.45) is 0 Å². The van der Waals surface area contributed by atoms with Crippen LogP contribution in [0.15, 0.2) is 22.5 Å². The highest BCUT2D eigenvalue weighted by atomic mass is 32.2. The van der Waals surface area contributed by atoms with Gasteiger partial charge in [-0.2, -0.15) is 5.10 Å². The molecular formula is C13H15N3O3S2. The molecule has 1 atom stereocenters. The lowest BCUT2D eigenvalue weighted by molar-refractivity contribution is -0.121. The number of nitrogens with zero attached hydrogens (tertiary/aromatic N) is 1. The molecule has 0 saturated carbocycles. The number of H-pyrrole nitrogens is 1. The summed E-state index contributed by atoms with van der Waals surface area (Å²) < 4.78 is 26.8. The van der Waals surface area contributed by atoms with Crippen molar-refractivity contribution in [1.82, 2.24) is 14.9 Å². The fourth-order valence-corrected chi connectivity index (χ4v) is 4.85. The van der Waals surface area contributed by atoms with Gasteiger partial charge in [0.1, 0.15) is 4.21 Å². The summed E-state index contributed by atoms with van der Waals surface area (Å²) in [6.07, 6.45) is 3.93. The summed E-state index contributed by atoms with van der Waals surface area (Å²) in [5, 5.41) is 6.80. The first-order valence-electron chi connectivity index (χ1n) is 6.62. The minimum Gasteiger partial charge on any atom is -0.282 e. The maximum Gasteiger partial charge on any atom is 0.273 e. The highest BCUT2D eigenvalue weighted by Crippen LogP contribution is 2.31. The number of nitrogens with one attached hydrogen (secondary N) is 2. The minimum absolute atomic E-state index is 0.163. The van der Waals surface area contributed by atoms with Crippen molar-refractivity contribution in [2.45, 2.75) is 36.3 Å². The summed E-state index contributed by atoms with van der Waals surface area (Å²) >= 11 is 1.15. The first kappa shape index (κ1) is 14.3. The van der Waals surface area contributed by atoms with E-state index in [1.807, 2.05) is 6.92 Å².